The van der Waals surface area contributed by atoms with E-state index in [9.17, 15) is 14.9 Å². The molecule has 0 bridgehead atoms. The molecule has 0 spiro atoms. The van der Waals surface area contributed by atoms with Crippen molar-refractivity contribution in [3.63, 3.8) is 0 Å². The summed E-state index contributed by atoms with van der Waals surface area (Å²) in [5.74, 6) is -0.610. The molecule has 0 radical (unpaired) electrons. The summed E-state index contributed by atoms with van der Waals surface area (Å²) in [6.07, 6.45) is 0. The lowest BCUT2D eigenvalue weighted by Crippen LogP contribution is -2.20. The van der Waals surface area contributed by atoms with Gasteiger partial charge >= 0.3 is 5.97 Å². The summed E-state index contributed by atoms with van der Waals surface area (Å²) in [7, 11) is 0. The van der Waals surface area contributed by atoms with Gasteiger partial charge in [-0.15, -0.1) is 0 Å². The van der Waals surface area contributed by atoms with Gasteiger partial charge in [0, 0.05) is 16.8 Å². The van der Waals surface area contributed by atoms with Crippen LogP contribution in [0.1, 0.15) is 34.0 Å². The molecule has 1 heterocycles. The van der Waals surface area contributed by atoms with Gasteiger partial charge in [-0.2, -0.15) is 5.26 Å². The summed E-state index contributed by atoms with van der Waals surface area (Å²) >= 11 is 0. The van der Waals surface area contributed by atoms with E-state index in [1.165, 1.54) is 0 Å². The molecule has 2 aromatic carbocycles. The van der Waals surface area contributed by atoms with E-state index < -0.39 is 5.97 Å². The molecule has 3 rings (SSSR count). The van der Waals surface area contributed by atoms with Gasteiger partial charge in [0.25, 0.3) is 0 Å². The van der Waals surface area contributed by atoms with Crippen molar-refractivity contribution in [2.24, 2.45) is 0 Å². The van der Waals surface area contributed by atoms with Crippen LogP contribution in [0.2, 0.25) is 0 Å². The van der Waals surface area contributed by atoms with E-state index in [0.29, 0.717) is 22.5 Å². The third-order valence-corrected chi connectivity index (χ3v) is 4.91. The Balaban J connectivity index is 1.82. The normalized spacial score (nSPS) is 10.2. The molecular formula is C26H25N3O4. The molecule has 1 N–H and O–H groups in total. The van der Waals surface area contributed by atoms with E-state index in [0.717, 1.165) is 11.1 Å². The number of nitrogens with zero attached hydrogens (tertiary/aromatic N) is 2. The summed E-state index contributed by atoms with van der Waals surface area (Å²) in [6, 6.07) is 18.8. The van der Waals surface area contributed by atoms with E-state index in [-0.39, 0.29) is 37.0 Å². The fourth-order valence-corrected chi connectivity index (χ4v) is 3.27. The van der Waals surface area contributed by atoms with Crippen LogP contribution in [0.15, 0.2) is 54.6 Å². The highest BCUT2D eigenvalue weighted by molar-refractivity contribution is 6.02. The molecule has 0 atom stereocenters. The lowest BCUT2D eigenvalue weighted by Gasteiger charge is -2.14. The summed E-state index contributed by atoms with van der Waals surface area (Å²) in [5, 5.41) is 12.5. The quantitative estimate of drug-likeness (QED) is 0.384. The molecule has 0 amide bonds. The monoisotopic (exact) mass is 443 g/mol. The number of hydrogen-bond donors (Lipinski definition) is 1. The second kappa shape index (κ2) is 10.9. The van der Waals surface area contributed by atoms with Crippen molar-refractivity contribution in [1.82, 2.24) is 4.98 Å². The van der Waals surface area contributed by atoms with Gasteiger partial charge in [-0.25, -0.2) is 4.98 Å². The van der Waals surface area contributed by atoms with Crippen molar-refractivity contribution in [3.05, 3.63) is 76.9 Å². The van der Waals surface area contributed by atoms with Crippen LogP contribution in [-0.4, -0.2) is 36.5 Å². The standard InChI is InChI=1S/C26H25N3O4/c1-4-32-25(31)15-28-22-11-10-17(2)12-20(22)24(30)16-33-26-21(14-27)18(3)13-23(29-26)19-8-6-5-7-9-19/h5-13,28H,4,15-16H2,1-3H3. The number of Topliss-reactive ketones (excluding diaryl/α,β-unsaturated/α-hetero) is 1. The van der Waals surface area contributed by atoms with Gasteiger partial charge in [0.1, 0.15) is 18.2 Å². The fourth-order valence-electron chi connectivity index (χ4n) is 3.27. The van der Waals surface area contributed by atoms with Gasteiger partial charge < -0.3 is 14.8 Å². The van der Waals surface area contributed by atoms with Crippen molar-refractivity contribution < 1.29 is 19.1 Å². The number of esters is 1. The van der Waals surface area contributed by atoms with Crippen LogP contribution in [0.25, 0.3) is 11.3 Å². The van der Waals surface area contributed by atoms with Crippen LogP contribution in [0.5, 0.6) is 5.88 Å². The number of benzene rings is 2. The fraction of sp³-hybridized carbons (Fsp3) is 0.231. The van der Waals surface area contributed by atoms with E-state index in [1.807, 2.05) is 49.4 Å². The van der Waals surface area contributed by atoms with E-state index in [2.05, 4.69) is 16.4 Å². The second-order valence-corrected chi connectivity index (χ2v) is 7.40. The molecule has 7 nitrogen and oxygen atoms in total. The minimum absolute atomic E-state index is 0.0590. The van der Waals surface area contributed by atoms with Gasteiger partial charge in [-0.05, 0) is 44.5 Å². The first-order chi connectivity index (χ1) is 15.9. The zero-order chi connectivity index (χ0) is 23.8. The van der Waals surface area contributed by atoms with Gasteiger partial charge in [0.15, 0.2) is 6.61 Å². The molecule has 0 aliphatic rings. The number of pyridine rings is 1. The van der Waals surface area contributed by atoms with Gasteiger partial charge in [0.05, 0.1) is 12.3 Å². The number of carbonyl (C=O) groups is 2. The predicted octanol–water partition coefficient (Wildman–Crippen LogP) is 4.47. The van der Waals surface area contributed by atoms with E-state index >= 15 is 0 Å². The molecular weight excluding hydrogens is 418 g/mol. The highest BCUT2D eigenvalue weighted by atomic mass is 16.5. The first-order valence-electron chi connectivity index (χ1n) is 10.6. The zero-order valence-corrected chi connectivity index (χ0v) is 18.8. The highest BCUT2D eigenvalue weighted by Gasteiger charge is 2.17. The molecule has 0 fully saturated rings. The highest BCUT2D eigenvalue weighted by Crippen LogP contribution is 2.27. The summed E-state index contributed by atoms with van der Waals surface area (Å²) in [5.41, 5.74) is 4.30. The SMILES string of the molecule is CCOC(=O)CNc1ccc(C)cc1C(=O)COc1nc(-c2ccccc2)cc(C)c1C#N. The molecule has 0 saturated heterocycles. The first kappa shape index (κ1) is 23.5. The summed E-state index contributed by atoms with van der Waals surface area (Å²) in [4.78, 5) is 29.2. The maximum Gasteiger partial charge on any atom is 0.325 e. The van der Waals surface area contributed by atoms with Gasteiger partial charge in [-0.1, -0.05) is 42.0 Å². The number of aryl methyl sites for hydroxylation is 2. The molecule has 168 valence electrons. The van der Waals surface area contributed by atoms with Crippen LogP contribution in [0.4, 0.5) is 5.69 Å². The molecule has 0 aliphatic heterocycles. The molecule has 0 aliphatic carbocycles. The van der Waals surface area contributed by atoms with Gasteiger partial charge in [0.2, 0.25) is 11.7 Å². The number of aromatic nitrogens is 1. The summed E-state index contributed by atoms with van der Waals surface area (Å²) < 4.78 is 10.7. The molecule has 0 saturated carbocycles. The van der Waals surface area contributed by atoms with Crippen molar-refractivity contribution in [1.29, 1.82) is 5.26 Å². The molecule has 0 unspecified atom stereocenters. The van der Waals surface area contributed by atoms with Crippen molar-refractivity contribution in [2.75, 3.05) is 25.1 Å². The Labute approximate surface area is 193 Å². The number of nitriles is 1. The van der Waals surface area contributed by atoms with E-state index in [4.69, 9.17) is 9.47 Å². The van der Waals surface area contributed by atoms with Crippen LogP contribution in [0, 0.1) is 25.2 Å². The van der Waals surface area contributed by atoms with Crippen molar-refractivity contribution >= 4 is 17.4 Å². The number of rotatable bonds is 9. The third kappa shape index (κ3) is 5.95. The number of ether oxygens (including phenoxy) is 2. The Morgan fingerprint density at radius 3 is 2.55 bits per heavy atom. The topological polar surface area (TPSA) is 101 Å². The number of anilines is 1. The Morgan fingerprint density at radius 2 is 1.85 bits per heavy atom. The molecule has 3 aromatic rings. The number of nitrogens with one attached hydrogen (secondary N) is 1. The predicted molar refractivity (Wildman–Crippen MR) is 125 cm³/mol. The lowest BCUT2D eigenvalue weighted by atomic mass is 10.1. The Hall–Kier alpha value is -4.18. The van der Waals surface area contributed by atoms with Crippen molar-refractivity contribution in [3.8, 4) is 23.2 Å². The Kier molecular flexibility index (Phi) is 7.77. The summed E-state index contributed by atoms with van der Waals surface area (Å²) in [6.45, 7) is 5.32. The minimum Gasteiger partial charge on any atom is -0.468 e. The van der Waals surface area contributed by atoms with Crippen LogP contribution < -0.4 is 10.1 Å². The maximum atomic E-state index is 13.0. The smallest absolute Gasteiger partial charge is 0.325 e. The molecule has 1 aromatic heterocycles. The largest absolute Gasteiger partial charge is 0.468 e. The minimum atomic E-state index is -0.413. The van der Waals surface area contributed by atoms with Crippen LogP contribution >= 0.6 is 0 Å². The van der Waals surface area contributed by atoms with Crippen LogP contribution in [-0.2, 0) is 9.53 Å². The Bertz CT molecular complexity index is 1200. The number of ketones is 1. The average molecular weight is 444 g/mol. The number of hydrogen-bond acceptors (Lipinski definition) is 7. The average Bonchev–Trinajstić information content (AvgIpc) is 2.82. The zero-order valence-electron chi connectivity index (χ0n) is 18.8. The first-order valence-corrected chi connectivity index (χ1v) is 10.6. The number of carbonyl (C=O) groups excluding carboxylic acids is 2. The third-order valence-electron chi connectivity index (χ3n) is 4.91. The molecule has 7 heteroatoms. The van der Waals surface area contributed by atoms with Gasteiger partial charge in [-0.3, -0.25) is 9.59 Å². The van der Waals surface area contributed by atoms with Crippen molar-refractivity contribution in [2.45, 2.75) is 20.8 Å². The lowest BCUT2D eigenvalue weighted by molar-refractivity contribution is -0.140. The molecule has 33 heavy (non-hydrogen) atoms. The maximum absolute atomic E-state index is 13.0. The Morgan fingerprint density at radius 1 is 1.09 bits per heavy atom. The second-order valence-electron chi connectivity index (χ2n) is 7.40. The van der Waals surface area contributed by atoms with Crippen LogP contribution in [0.3, 0.4) is 0 Å². The van der Waals surface area contributed by atoms with E-state index in [1.54, 1.807) is 26.0 Å².